The van der Waals surface area contributed by atoms with Gasteiger partial charge >= 0.3 is 0 Å². The summed E-state index contributed by atoms with van der Waals surface area (Å²) < 4.78 is 0. The van der Waals surface area contributed by atoms with Crippen LogP contribution in [0.5, 0.6) is 0 Å². The molecule has 2 atom stereocenters. The van der Waals surface area contributed by atoms with Gasteiger partial charge in [-0.05, 0) is 25.3 Å². The Kier molecular flexibility index (Phi) is 2.50. The molecule has 0 heterocycles. The minimum absolute atomic E-state index is 0.445. The van der Waals surface area contributed by atoms with Gasteiger partial charge in [-0.15, -0.1) is 0 Å². The third kappa shape index (κ3) is 2.46. The lowest BCUT2D eigenvalue weighted by atomic mass is 9.91. The molecule has 0 aliphatic heterocycles. The van der Waals surface area contributed by atoms with Crippen LogP contribution in [0.4, 0.5) is 0 Å². The summed E-state index contributed by atoms with van der Waals surface area (Å²) in [6.07, 6.45) is 6.24. The Balaban J connectivity index is 2.71. The second-order valence-corrected chi connectivity index (χ2v) is 10.8. The maximum Gasteiger partial charge on any atom is 0.0656 e. The van der Waals surface area contributed by atoms with E-state index >= 15 is 0 Å². The summed E-state index contributed by atoms with van der Waals surface area (Å²) in [4.78, 5) is 0. The molecule has 0 bridgehead atoms. The van der Waals surface area contributed by atoms with Gasteiger partial charge in [0.15, 0.2) is 0 Å². The van der Waals surface area contributed by atoms with Gasteiger partial charge in [-0.2, -0.15) is 0 Å². The van der Waals surface area contributed by atoms with Crippen molar-refractivity contribution < 1.29 is 5.11 Å². The van der Waals surface area contributed by atoms with E-state index in [1.54, 1.807) is 0 Å². The molecule has 0 fully saturated rings. The van der Waals surface area contributed by atoms with E-state index < -0.39 is 13.7 Å². The Morgan fingerprint density at radius 2 is 2.00 bits per heavy atom. The summed E-state index contributed by atoms with van der Waals surface area (Å²) >= 11 is 0. The Hall–Kier alpha value is -0.0831. The molecule has 0 aromatic heterocycles. The Morgan fingerprint density at radius 3 is 2.33 bits per heavy atom. The van der Waals surface area contributed by atoms with Crippen LogP contribution in [0.3, 0.4) is 0 Å². The lowest BCUT2D eigenvalue weighted by molar-refractivity contribution is 0.0505. The molecule has 0 aromatic carbocycles. The van der Waals surface area contributed by atoms with Crippen molar-refractivity contribution in [1.29, 1.82) is 0 Å². The van der Waals surface area contributed by atoms with Gasteiger partial charge in [0.05, 0.1) is 13.7 Å². The number of hydrogen-bond donors (Lipinski definition) is 1. The predicted octanol–water partition coefficient (Wildman–Crippen LogP) is 2.80. The SMILES string of the molecule is CC1(O)CC=CC([Si](C)(C)C)C1. The van der Waals surface area contributed by atoms with Crippen molar-refractivity contribution in [2.24, 2.45) is 0 Å². The standard InChI is InChI=1S/C10H20OSi/c1-10(11)7-5-6-9(8-10)12(2,3)4/h5-6,9,11H,7-8H2,1-4H3. The van der Waals surface area contributed by atoms with Gasteiger partial charge in [-0.3, -0.25) is 0 Å². The summed E-state index contributed by atoms with van der Waals surface area (Å²) in [5, 5.41) is 9.88. The molecule has 1 nitrogen and oxygen atoms in total. The van der Waals surface area contributed by atoms with E-state index in [0.29, 0.717) is 5.54 Å². The monoisotopic (exact) mass is 184 g/mol. The van der Waals surface area contributed by atoms with E-state index in [9.17, 15) is 5.11 Å². The van der Waals surface area contributed by atoms with E-state index in [2.05, 4.69) is 31.8 Å². The molecule has 12 heavy (non-hydrogen) atoms. The highest BCUT2D eigenvalue weighted by atomic mass is 28.3. The molecule has 1 N–H and O–H groups in total. The van der Waals surface area contributed by atoms with Gasteiger partial charge in [-0.25, -0.2) is 0 Å². The first-order valence-corrected chi connectivity index (χ1v) is 8.28. The van der Waals surface area contributed by atoms with E-state index in [-0.39, 0.29) is 0 Å². The highest BCUT2D eigenvalue weighted by molar-refractivity contribution is 6.78. The smallest absolute Gasteiger partial charge is 0.0656 e. The van der Waals surface area contributed by atoms with Crippen LogP contribution < -0.4 is 0 Å². The van der Waals surface area contributed by atoms with E-state index in [1.165, 1.54) is 0 Å². The van der Waals surface area contributed by atoms with Crippen molar-refractivity contribution in [2.45, 2.75) is 50.5 Å². The largest absolute Gasteiger partial charge is 0.390 e. The Labute approximate surface area is 76.5 Å². The van der Waals surface area contributed by atoms with Crippen molar-refractivity contribution in [2.75, 3.05) is 0 Å². The molecule has 2 unspecified atom stereocenters. The number of hydrogen-bond acceptors (Lipinski definition) is 1. The summed E-state index contributed by atoms with van der Waals surface area (Å²) in [6.45, 7) is 9.04. The number of allylic oxidation sites excluding steroid dienone is 1. The lowest BCUT2D eigenvalue weighted by Gasteiger charge is -2.36. The zero-order valence-electron chi connectivity index (χ0n) is 8.59. The van der Waals surface area contributed by atoms with Crippen LogP contribution in [0.2, 0.25) is 25.2 Å². The Morgan fingerprint density at radius 1 is 1.42 bits per heavy atom. The van der Waals surface area contributed by atoms with E-state index in [1.807, 2.05) is 6.92 Å². The first-order valence-electron chi connectivity index (χ1n) is 4.70. The molecule has 0 saturated heterocycles. The first-order chi connectivity index (χ1) is 5.31. The van der Waals surface area contributed by atoms with Crippen LogP contribution in [-0.2, 0) is 0 Å². The molecule has 0 saturated carbocycles. The molecule has 0 aromatic rings. The average molecular weight is 184 g/mol. The highest BCUT2D eigenvalue weighted by Crippen LogP contribution is 2.37. The van der Waals surface area contributed by atoms with Crippen LogP contribution in [0.15, 0.2) is 12.2 Å². The molecule has 2 heteroatoms. The minimum atomic E-state index is -1.09. The summed E-state index contributed by atoms with van der Waals surface area (Å²) in [5.41, 5.74) is 0.209. The maximum atomic E-state index is 9.88. The van der Waals surface area contributed by atoms with Crippen molar-refractivity contribution >= 4 is 8.07 Å². The van der Waals surface area contributed by atoms with Gasteiger partial charge in [0.2, 0.25) is 0 Å². The number of aliphatic hydroxyl groups is 1. The summed E-state index contributed by atoms with van der Waals surface area (Å²) in [7, 11) is -1.09. The minimum Gasteiger partial charge on any atom is -0.390 e. The molecule has 1 aliphatic carbocycles. The van der Waals surface area contributed by atoms with Crippen LogP contribution in [0, 0.1) is 0 Å². The zero-order valence-corrected chi connectivity index (χ0v) is 9.59. The van der Waals surface area contributed by atoms with E-state index in [0.717, 1.165) is 12.8 Å². The molecular weight excluding hydrogens is 164 g/mol. The lowest BCUT2D eigenvalue weighted by Crippen LogP contribution is -2.36. The third-order valence-electron chi connectivity index (χ3n) is 2.70. The normalized spacial score (nSPS) is 36.9. The fourth-order valence-corrected chi connectivity index (χ4v) is 3.47. The van der Waals surface area contributed by atoms with Crippen LogP contribution >= 0.6 is 0 Å². The highest BCUT2D eigenvalue weighted by Gasteiger charge is 2.33. The van der Waals surface area contributed by atoms with Crippen molar-refractivity contribution in [1.82, 2.24) is 0 Å². The molecule has 1 aliphatic rings. The van der Waals surface area contributed by atoms with Crippen LogP contribution in [0.25, 0.3) is 0 Å². The molecule has 1 rings (SSSR count). The fourth-order valence-electron chi connectivity index (χ4n) is 1.71. The summed E-state index contributed by atoms with van der Waals surface area (Å²) in [5.74, 6) is 0. The second kappa shape index (κ2) is 3.00. The molecule has 0 radical (unpaired) electrons. The average Bonchev–Trinajstić information content (AvgIpc) is 1.83. The molecular formula is C10H20OSi. The fraction of sp³-hybridized carbons (Fsp3) is 0.800. The second-order valence-electron chi connectivity index (χ2n) is 5.31. The quantitative estimate of drug-likeness (QED) is 0.491. The maximum absolute atomic E-state index is 9.88. The van der Waals surface area contributed by atoms with Crippen molar-refractivity contribution in [3.8, 4) is 0 Å². The zero-order chi connectivity index (χ0) is 9.41. The van der Waals surface area contributed by atoms with Gasteiger partial charge < -0.3 is 5.11 Å². The molecule has 0 spiro atoms. The van der Waals surface area contributed by atoms with Gasteiger partial charge in [0.1, 0.15) is 0 Å². The van der Waals surface area contributed by atoms with Gasteiger partial charge in [0.25, 0.3) is 0 Å². The number of rotatable bonds is 1. The van der Waals surface area contributed by atoms with Crippen LogP contribution in [-0.4, -0.2) is 18.8 Å². The van der Waals surface area contributed by atoms with E-state index in [4.69, 9.17) is 0 Å². The van der Waals surface area contributed by atoms with Crippen molar-refractivity contribution in [3.63, 3.8) is 0 Å². The molecule has 0 amide bonds. The van der Waals surface area contributed by atoms with Gasteiger partial charge in [0, 0.05) is 0 Å². The van der Waals surface area contributed by atoms with Crippen LogP contribution in [0.1, 0.15) is 19.8 Å². The van der Waals surface area contributed by atoms with Gasteiger partial charge in [-0.1, -0.05) is 31.8 Å². The topological polar surface area (TPSA) is 20.2 Å². The predicted molar refractivity (Wildman–Crippen MR) is 56.1 cm³/mol. The van der Waals surface area contributed by atoms with Crippen molar-refractivity contribution in [3.05, 3.63) is 12.2 Å². The third-order valence-corrected chi connectivity index (χ3v) is 5.32. The first kappa shape index (κ1) is 10.0. The summed E-state index contributed by atoms with van der Waals surface area (Å²) in [6, 6.07) is 0. The Bertz CT molecular complexity index is 189. The molecule has 70 valence electrons.